The lowest BCUT2D eigenvalue weighted by Crippen LogP contribution is -2.36. The number of aromatic nitrogens is 1. The Kier molecular flexibility index (Phi) is 4.11. The molecule has 2 heterocycles. The second-order valence-corrected chi connectivity index (χ2v) is 4.49. The SMILES string of the molecule is CN(C(=O)C1CCOCC1)c1cc(C(=O)O)ccn1. The average Bonchev–Trinajstić information content (AvgIpc) is 2.46. The average molecular weight is 264 g/mol. The van der Waals surface area contributed by atoms with Crippen molar-refractivity contribution in [3.63, 3.8) is 0 Å². The molecular weight excluding hydrogens is 248 g/mol. The van der Waals surface area contributed by atoms with Crippen molar-refractivity contribution in [2.45, 2.75) is 12.8 Å². The second-order valence-electron chi connectivity index (χ2n) is 4.49. The van der Waals surface area contributed by atoms with Crippen molar-refractivity contribution in [2.75, 3.05) is 25.2 Å². The summed E-state index contributed by atoms with van der Waals surface area (Å²) >= 11 is 0. The molecule has 1 N–H and O–H groups in total. The number of anilines is 1. The van der Waals surface area contributed by atoms with E-state index in [1.807, 2.05) is 0 Å². The van der Waals surface area contributed by atoms with Crippen molar-refractivity contribution in [2.24, 2.45) is 5.92 Å². The molecule has 0 saturated carbocycles. The summed E-state index contributed by atoms with van der Waals surface area (Å²) in [5, 5.41) is 8.93. The maximum absolute atomic E-state index is 12.3. The highest BCUT2D eigenvalue weighted by Crippen LogP contribution is 2.20. The quantitative estimate of drug-likeness (QED) is 0.886. The van der Waals surface area contributed by atoms with E-state index in [-0.39, 0.29) is 17.4 Å². The van der Waals surface area contributed by atoms with Crippen molar-refractivity contribution in [3.8, 4) is 0 Å². The molecule has 1 amide bonds. The van der Waals surface area contributed by atoms with E-state index in [1.54, 1.807) is 7.05 Å². The van der Waals surface area contributed by atoms with Crippen LogP contribution in [0.15, 0.2) is 18.3 Å². The van der Waals surface area contributed by atoms with Crippen LogP contribution in [0.25, 0.3) is 0 Å². The number of aromatic carboxylic acids is 1. The molecule has 1 saturated heterocycles. The number of carboxylic acids is 1. The molecule has 0 aliphatic carbocycles. The molecule has 0 aromatic carbocycles. The highest BCUT2D eigenvalue weighted by atomic mass is 16.5. The van der Waals surface area contributed by atoms with E-state index in [4.69, 9.17) is 9.84 Å². The van der Waals surface area contributed by atoms with Crippen LogP contribution in [0.2, 0.25) is 0 Å². The number of rotatable bonds is 3. The van der Waals surface area contributed by atoms with Crippen LogP contribution in [0.3, 0.4) is 0 Å². The lowest BCUT2D eigenvalue weighted by Gasteiger charge is -2.26. The molecule has 1 aliphatic rings. The lowest BCUT2D eigenvalue weighted by molar-refractivity contribution is -0.124. The number of amides is 1. The first-order valence-electron chi connectivity index (χ1n) is 6.14. The third-order valence-electron chi connectivity index (χ3n) is 3.24. The normalized spacial score (nSPS) is 16.1. The molecule has 19 heavy (non-hydrogen) atoms. The Morgan fingerprint density at radius 3 is 2.74 bits per heavy atom. The van der Waals surface area contributed by atoms with E-state index >= 15 is 0 Å². The standard InChI is InChI=1S/C13H16N2O4/c1-15(12(16)9-3-6-19-7-4-9)11-8-10(13(17)18)2-5-14-11/h2,5,8-9H,3-4,6-7H2,1H3,(H,17,18). The molecular formula is C13H16N2O4. The van der Waals surface area contributed by atoms with Crippen LogP contribution in [0.5, 0.6) is 0 Å². The van der Waals surface area contributed by atoms with Gasteiger partial charge in [0.25, 0.3) is 0 Å². The minimum Gasteiger partial charge on any atom is -0.478 e. The zero-order valence-electron chi connectivity index (χ0n) is 10.7. The molecule has 6 nitrogen and oxygen atoms in total. The van der Waals surface area contributed by atoms with Gasteiger partial charge in [0.05, 0.1) is 5.56 Å². The Balaban J connectivity index is 2.13. The zero-order valence-corrected chi connectivity index (χ0v) is 10.7. The van der Waals surface area contributed by atoms with E-state index in [0.29, 0.717) is 31.9 Å². The van der Waals surface area contributed by atoms with Gasteiger partial charge in [-0.2, -0.15) is 0 Å². The monoisotopic (exact) mass is 264 g/mol. The Labute approximate surface area is 111 Å². The van der Waals surface area contributed by atoms with Crippen LogP contribution < -0.4 is 4.90 Å². The molecule has 0 atom stereocenters. The topological polar surface area (TPSA) is 79.7 Å². The minimum atomic E-state index is -1.03. The van der Waals surface area contributed by atoms with Crippen LogP contribution in [-0.4, -0.2) is 42.2 Å². The summed E-state index contributed by atoms with van der Waals surface area (Å²) in [6.07, 6.45) is 2.79. The molecule has 1 aliphatic heterocycles. The Morgan fingerprint density at radius 2 is 2.11 bits per heavy atom. The van der Waals surface area contributed by atoms with E-state index in [2.05, 4.69) is 4.98 Å². The minimum absolute atomic E-state index is 0.0432. The molecule has 0 unspecified atom stereocenters. The summed E-state index contributed by atoms with van der Waals surface area (Å²) < 4.78 is 5.22. The third-order valence-corrected chi connectivity index (χ3v) is 3.24. The summed E-state index contributed by atoms with van der Waals surface area (Å²) in [5.74, 6) is -0.792. The maximum atomic E-state index is 12.3. The van der Waals surface area contributed by atoms with E-state index in [0.717, 1.165) is 0 Å². The highest BCUT2D eigenvalue weighted by Gasteiger charge is 2.25. The Morgan fingerprint density at radius 1 is 1.42 bits per heavy atom. The van der Waals surface area contributed by atoms with E-state index < -0.39 is 5.97 Å². The summed E-state index contributed by atoms with van der Waals surface area (Å²) in [6, 6.07) is 2.80. The zero-order chi connectivity index (χ0) is 13.8. The van der Waals surface area contributed by atoms with Crippen LogP contribution in [0.1, 0.15) is 23.2 Å². The smallest absolute Gasteiger partial charge is 0.335 e. The van der Waals surface area contributed by atoms with E-state index in [9.17, 15) is 9.59 Å². The van der Waals surface area contributed by atoms with Gasteiger partial charge in [0.2, 0.25) is 5.91 Å². The van der Waals surface area contributed by atoms with Gasteiger partial charge in [0.15, 0.2) is 0 Å². The first-order chi connectivity index (χ1) is 9.09. The van der Waals surface area contributed by atoms with Gasteiger partial charge in [0.1, 0.15) is 5.82 Å². The number of carbonyl (C=O) groups is 2. The fourth-order valence-electron chi connectivity index (χ4n) is 2.07. The predicted molar refractivity (Wildman–Crippen MR) is 68.1 cm³/mol. The Hall–Kier alpha value is -1.95. The van der Waals surface area contributed by atoms with Crippen molar-refractivity contribution in [3.05, 3.63) is 23.9 Å². The molecule has 6 heteroatoms. The van der Waals surface area contributed by atoms with Crippen LogP contribution >= 0.6 is 0 Å². The van der Waals surface area contributed by atoms with Crippen LogP contribution in [0.4, 0.5) is 5.82 Å². The summed E-state index contributed by atoms with van der Waals surface area (Å²) in [7, 11) is 1.62. The number of carboxylic acid groups (broad SMARTS) is 1. The Bertz CT molecular complexity index is 483. The first kappa shape index (κ1) is 13.5. The van der Waals surface area contributed by atoms with Gasteiger partial charge in [-0.3, -0.25) is 9.69 Å². The summed E-state index contributed by atoms with van der Waals surface area (Å²) in [6.45, 7) is 1.18. The van der Waals surface area contributed by atoms with Crippen LogP contribution in [-0.2, 0) is 9.53 Å². The molecule has 2 rings (SSSR count). The van der Waals surface area contributed by atoms with Gasteiger partial charge in [0, 0.05) is 32.4 Å². The summed E-state index contributed by atoms with van der Waals surface area (Å²) in [5.41, 5.74) is 0.122. The predicted octanol–water partition coefficient (Wildman–Crippen LogP) is 1.17. The maximum Gasteiger partial charge on any atom is 0.335 e. The number of ether oxygens (including phenoxy) is 1. The summed E-state index contributed by atoms with van der Waals surface area (Å²) in [4.78, 5) is 28.6. The number of nitrogens with zero attached hydrogens (tertiary/aromatic N) is 2. The molecule has 0 radical (unpaired) electrons. The number of pyridine rings is 1. The van der Waals surface area contributed by atoms with Gasteiger partial charge in [-0.15, -0.1) is 0 Å². The number of hydrogen-bond acceptors (Lipinski definition) is 4. The molecule has 0 bridgehead atoms. The third kappa shape index (κ3) is 3.08. The molecule has 0 spiro atoms. The first-order valence-corrected chi connectivity index (χ1v) is 6.14. The molecule has 1 aromatic heterocycles. The molecule has 1 fully saturated rings. The highest BCUT2D eigenvalue weighted by molar-refractivity contribution is 5.95. The fourth-order valence-corrected chi connectivity index (χ4v) is 2.07. The van der Waals surface area contributed by atoms with Crippen LogP contribution in [0, 0.1) is 5.92 Å². The number of carbonyl (C=O) groups excluding carboxylic acids is 1. The molecule has 1 aromatic rings. The second kappa shape index (κ2) is 5.79. The van der Waals surface area contributed by atoms with Crippen molar-refractivity contribution in [1.82, 2.24) is 4.98 Å². The number of hydrogen-bond donors (Lipinski definition) is 1. The largest absolute Gasteiger partial charge is 0.478 e. The van der Waals surface area contributed by atoms with E-state index in [1.165, 1.54) is 23.2 Å². The van der Waals surface area contributed by atoms with Crippen molar-refractivity contribution in [1.29, 1.82) is 0 Å². The van der Waals surface area contributed by atoms with Crippen molar-refractivity contribution < 1.29 is 19.4 Å². The van der Waals surface area contributed by atoms with Gasteiger partial charge in [-0.1, -0.05) is 0 Å². The van der Waals surface area contributed by atoms with Gasteiger partial charge < -0.3 is 9.84 Å². The van der Waals surface area contributed by atoms with Crippen molar-refractivity contribution >= 4 is 17.7 Å². The fraction of sp³-hybridized carbons (Fsp3) is 0.462. The van der Waals surface area contributed by atoms with Gasteiger partial charge in [-0.05, 0) is 25.0 Å². The lowest BCUT2D eigenvalue weighted by atomic mass is 9.99. The van der Waals surface area contributed by atoms with Gasteiger partial charge in [-0.25, -0.2) is 9.78 Å². The molecule has 102 valence electrons. The van der Waals surface area contributed by atoms with Gasteiger partial charge >= 0.3 is 5.97 Å².